The number of hydrogen-bond acceptors (Lipinski definition) is 5. The van der Waals surface area contributed by atoms with Crippen molar-refractivity contribution in [3.05, 3.63) is 41.5 Å². The van der Waals surface area contributed by atoms with E-state index in [0.29, 0.717) is 36.8 Å². The van der Waals surface area contributed by atoms with Gasteiger partial charge in [-0.05, 0) is 39.0 Å². The van der Waals surface area contributed by atoms with Crippen molar-refractivity contribution in [1.29, 1.82) is 0 Å². The van der Waals surface area contributed by atoms with E-state index in [1.165, 1.54) is 0 Å². The van der Waals surface area contributed by atoms with Gasteiger partial charge >= 0.3 is 0 Å². The molecule has 1 heterocycles. The van der Waals surface area contributed by atoms with E-state index in [9.17, 15) is 9.90 Å². The van der Waals surface area contributed by atoms with Crippen LogP contribution in [0, 0.1) is 6.92 Å². The van der Waals surface area contributed by atoms with E-state index in [-0.39, 0.29) is 19.1 Å². The fourth-order valence-corrected chi connectivity index (χ4v) is 2.47. The molecule has 0 atom stereocenters. The normalized spacial score (nSPS) is 10.6. The molecule has 2 N–H and O–H groups in total. The summed E-state index contributed by atoms with van der Waals surface area (Å²) in [4.78, 5) is 21.7. The zero-order valence-electron chi connectivity index (χ0n) is 14.9. The van der Waals surface area contributed by atoms with Crippen LogP contribution in [0.3, 0.4) is 0 Å². The van der Waals surface area contributed by atoms with Crippen LogP contribution < -0.4 is 9.47 Å². The third kappa shape index (κ3) is 4.73. The van der Waals surface area contributed by atoms with Crippen LogP contribution in [0.5, 0.6) is 11.5 Å². The van der Waals surface area contributed by atoms with E-state index < -0.39 is 0 Å². The number of aliphatic hydroxyl groups is 1. The fourth-order valence-electron chi connectivity index (χ4n) is 2.47. The van der Waals surface area contributed by atoms with E-state index >= 15 is 0 Å². The summed E-state index contributed by atoms with van der Waals surface area (Å²) in [6.45, 7) is 7.09. The van der Waals surface area contributed by atoms with Crippen molar-refractivity contribution in [1.82, 2.24) is 14.9 Å². The number of aryl methyl sites for hydroxylation is 1. The van der Waals surface area contributed by atoms with Gasteiger partial charge in [-0.15, -0.1) is 0 Å². The number of carbonyl (C=O) groups excluding carboxylic acids is 1. The number of rotatable bonds is 9. The summed E-state index contributed by atoms with van der Waals surface area (Å²) in [5.41, 5.74) is 2.16. The first-order valence-corrected chi connectivity index (χ1v) is 8.39. The summed E-state index contributed by atoms with van der Waals surface area (Å²) in [6.07, 6.45) is 1.59. The Labute approximate surface area is 147 Å². The third-order valence-corrected chi connectivity index (χ3v) is 3.72. The average molecular weight is 347 g/mol. The number of aromatic amines is 1. The lowest BCUT2D eigenvalue weighted by atomic mass is 10.1. The topological polar surface area (TPSA) is 87.7 Å². The maximum Gasteiger partial charge on any atom is 0.254 e. The lowest BCUT2D eigenvalue weighted by Gasteiger charge is -2.22. The molecule has 0 aliphatic heterocycles. The first-order valence-electron chi connectivity index (χ1n) is 8.39. The predicted molar refractivity (Wildman–Crippen MR) is 93.9 cm³/mol. The number of carbonyl (C=O) groups is 1. The maximum absolute atomic E-state index is 12.9. The standard InChI is InChI=1S/C18H25N3O4/c1-4-24-16-7-6-14(10-17(16)25-5-2)18(23)21(8-9-22)11-15-13(3)19-12-20-15/h6-7,10,12,22H,4-5,8-9,11H2,1-3H3,(H,19,20). The summed E-state index contributed by atoms with van der Waals surface area (Å²) in [6, 6.07) is 5.12. The maximum atomic E-state index is 12.9. The van der Waals surface area contributed by atoms with Crippen LogP contribution in [0.2, 0.25) is 0 Å². The van der Waals surface area contributed by atoms with Gasteiger partial charge in [0.2, 0.25) is 0 Å². The fraction of sp³-hybridized carbons (Fsp3) is 0.444. The molecule has 0 bridgehead atoms. The SMILES string of the molecule is CCOc1ccc(C(=O)N(CCO)Cc2nc[nH]c2C)cc1OCC. The van der Waals surface area contributed by atoms with E-state index in [4.69, 9.17) is 9.47 Å². The Morgan fingerprint density at radius 3 is 2.56 bits per heavy atom. The Morgan fingerprint density at radius 1 is 1.24 bits per heavy atom. The van der Waals surface area contributed by atoms with E-state index in [1.807, 2.05) is 20.8 Å². The minimum Gasteiger partial charge on any atom is -0.490 e. The molecule has 0 aliphatic carbocycles. The average Bonchev–Trinajstić information content (AvgIpc) is 3.01. The predicted octanol–water partition coefficient (Wildman–Crippen LogP) is 2.15. The van der Waals surface area contributed by atoms with Gasteiger partial charge in [0.25, 0.3) is 5.91 Å². The van der Waals surface area contributed by atoms with Gasteiger partial charge in [0.05, 0.1) is 38.4 Å². The molecule has 136 valence electrons. The van der Waals surface area contributed by atoms with Gasteiger partial charge in [-0.2, -0.15) is 0 Å². The van der Waals surface area contributed by atoms with Gasteiger partial charge in [0.15, 0.2) is 11.5 Å². The number of hydrogen-bond donors (Lipinski definition) is 2. The largest absolute Gasteiger partial charge is 0.490 e. The molecule has 0 saturated heterocycles. The summed E-state index contributed by atoms with van der Waals surface area (Å²) >= 11 is 0. The number of benzene rings is 1. The van der Waals surface area contributed by atoms with Crippen LogP contribution in [0.1, 0.15) is 35.6 Å². The molecule has 0 saturated carbocycles. The number of aliphatic hydroxyl groups excluding tert-OH is 1. The van der Waals surface area contributed by atoms with E-state index in [0.717, 1.165) is 11.4 Å². The van der Waals surface area contributed by atoms with Gasteiger partial charge in [0.1, 0.15) is 0 Å². The monoisotopic (exact) mass is 347 g/mol. The minimum atomic E-state index is -0.194. The van der Waals surface area contributed by atoms with Crippen molar-refractivity contribution in [3.8, 4) is 11.5 Å². The molecule has 25 heavy (non-hydrogen) atoms. The smallest absolute Gasteiger partial charge is 0.254 e. The van der Waals surface area contributed by atoms with E-state index in [2.05, 4.69) is 9.97 Å². The lowest BCUT2D eigenvalue weighted by molar-refractivity contribution is 0.0705. The summed E-state index contributed by atoms with van der Waals surface area (Å²) in [5.74, 6) is 0.952. The molecular formula is C18H25N3O4. The molecule has 2 aromatic rings. The third-order valence-electron chi connectivity index (χ3n) is 3.72. The second-order valence-electron chi connectivity index (χ2n) is 5.45. The first kappa shape index (κ1) is 18.8. The van der Waals surface area contributed by atoms with Crippen LogP contribution in [0.25, 0.3) is 0 Å². The Bertz CT molecular complexity index is 699. The van der Waals surface area contributed by atoms with Gasteiger partial charge in [-0.25, -0.2) is 4.98 Å². The highest BCUT2D eigenvalue weighted by atomic mass is 16.5. The van der Waals surface area contributed by atoms with Crippen LogP contribution in [-0.4, -0.2) is 52.2 Å². The van der Waals surface area contributed by atoms with Gasteiger partial charge in [-0.1, -0.05) is 0 Å². The number of H-pyrrole nitrogens is 1. The van der Waals surface area contributed by atoms with Crippen LogP contribution >= 0.6 is 0 Å². The number of imidazole rings is 1. The minimum absolute atomic E-state index is 0.120. The molecule has 0 fully saturated rings. The number of nitrogens with one attached hydrogen (secondary N) is 1. The second kappa shape index (κ2) is 9.08. The molecule has 7 nitrogen and oxygen atoms in total. The van der Waals surface area contributed by atoms with Gasteiger partial charge < -0.3 is 24.5 Å². The number of amides is 1. The molecule has 1 amide bonds. The van der Waals surface area contributed by atoms with Crippen LogP contribution in [-0.2, 0) is 6.54 Å². The molecule has 0 spiro atoms. The molecule has 0 aliphatic rings. The van der Waals surface area contributed by atoms with Crippen molar-refractivity contribution in [2.75, 3.05) is 26.4 Å². The highest BCUT2D eigenvalue weighted by molar-refractivity contribution is 5.95. The molecule has 2 rings (SSSR count). The van der Waals surface area contributed by atoms with E-state index in [1.54, 1.807) is 29.4 Å². The lowest BCUT2D eigenvalue weighted by Crippen LogP contribution is -2.33. The second-order valence-corrected chi connectivity index (χ2v) is 5.45. The number of aromatic nitrogens is 2. The Hall–Kier alpha value is -2.54. The Balaban J connectivity index is 2.25. The quantitative estimate of drug-likeness (QED) is 0.726. The molecule has 7 heteroatoms. The van der Waals surface area contributed by atoms with Crippen molar-refractivity contribution < 1.29 is 19.4 Å². The molecular weight excluding hydrogens is 322 g/mol. The van der Waals surface area contributed by atoms with Crippen molar-refractivity contribution in [2.45, 2.75) is 27.3 Å². The molecule has 1 aromatic carbocycles. The van der Waals surface area contributed by atoms with Gasteiger partial charge in [0, 0.05) is 17.8 Å². The Kier molecular flexibility index (Phi) is 6.82. The molecule has 1 aromatic heterocycles. The zero-order valence-corrected chi connectivity index (χ0v) is 14.9. The van der Waals surface area contributed by atoms with Crippen molar-refractivity contribution in [3.63, 3.8) is 0 Å². The zero-order chi connectivity index (χ0) is 18.2. The highest BCUT2D eigenvalue weighted by Gasteiger charge is 2.19. The summed E-state index contributed by atoms with van der Waals surface area (Å²) < 4.78 is 11.1. The van der Waals surface area contributed by atoms with Crippen LogP contribution in [0.15, 0.2) is 24.5 Å². The van der Waals surface area contributed by atoms with Crippen LogP contribution in [0.4, 0.5) is 0 Å². The first-order chi connectivity index (χ1) is 12.1. The van der Waals surface area contributed by atoms with Crippen molar-refractivity contribution >= 4 is 5.91 Å². The summed E-state index contributed by atoms with van der Waals surface area (Å²) in [7, 11) is 0. The highest BCUT2D eigenvalue weighted by Crippen LogP contribution is 2.29. The summed E-state index contributed by atoms with van der Waals surface area (Å²) in [5, 5.41) is 9.32. The molecule has 0 radical (unpaired) electrons. The van der Waals surface area contributed by atoms with Crippen molar-refractivity contribution in [2.24, 2.45) is 0 Å². The number of nitrogens with zero attached hydrogens (tertiary/aromatic N) is 2. The Morgan fingerprint density at radius 2 is 1.96 bits per heavy atom. The van der Waals surface area contributed by atoms with Gasteiger partial charge in [-0.3, -0.25) is 4.79 Å². The molecule has 0 unspecified atom stereocenters. The number of ether oxygens (including phenoxy) is 2.